The summed E-state index contributed by atoms with van der Waals surface area (Å²) in [6, 6.07) is 17.8. The molecular weight excluding hydrogens is 254 g/mol. The van der Waals surface area contributed by atoms with E-state index in [-0.39, 0.29) is 6.04 Å². The number of fused-ring (bicyclic) bond motifs is 1. The highest BCUT2D eigenvalue weighted by molar-refractivity contribution is 6.30. The van der Waals surface area contributed by atoms with Gasteiger partial charge in [0.15, 0.2) is 0 Å². The Balaban J connectivity index is 2.02. The monoisotopic (exact) mass is 271 g/mol. The van der Waals surface area contributed by atoms with Crippen LogP contribution in [0.4, 0.5) is 0 Å². The third-order valence-corrected chi connectivity index (χ3v) is 4.18. The van der Waals surface area contributed by atoms with Crippen LogP contribution >= 0.6 is 11.6 Å². The molecule has 2 aromatic rings. The van der Waals surface area contributed by atoms with Gasteiger partial charge >= 0.3 is 0 Å². The Labute approximate surface area is 119 Å². The fraction of sp³-hybridized carbons (Fsp3) is 0.294. The van der Waals surface area contributed by atoms with Crippen LogP contribution in [-0.2, 0) is 6.42 Å². The first-order valence-corrected chi connectivity index (χ1v) is 7.25. The maximum atomic E-state index is 5.99. The summed E-state index contributed by atoms with van der Waals surface area (Å²) in [5.74, 6) is 0. The van der Waals surface area contributed by atoms with E-state index in [1.165, 1.54) is 16.7 Å². The van der Waals surface area contributed by atoms with Gasteiger partial charge in [0, 0.05) is 11.1 Å². The molecule has 0 saturated heterocycles. The largest absolute Gasteiger partial charge is 0.303 e. The predicted octanol–water partition coefficient (Wildman–Crippen LogP) is 4.35. The van der Waals surface area contributed by atoms with Gasteiger partial charge in [-0.15, -0.1) is 0 Å². The van der Waals surface area contributed by atoms with E-state index in [4.69, 9.17) is 11.6 Å². The molecule has 1 aliphatic rings. The highest BCUT2D eigenvalue weighted by Crippen LogP contribution is 2.31. The van der Waals surface area contributed by atoms with Crippen LogP contribution in [0.25, 0.3) is 0 Å². The van der Waals surface area contributed by atoms with Crippen LogP contribution in [-0.4, -0.2) is 6.04 Å². The van der Waals surface area contributed by atoms with Gasteiger partial charge in [-0.05, 0) is 41.7 Å². The smallest absolute Gasteiger partial charge is 0.0581 e. The second-order valence-corrected chi connectivity index (χ2v) is 5.60. The molecule has 2 heteroatoms. The van der Waals surface area contributed by atoms with Crippen LogP contribution < -0.4 is 5.32 Å². The lowest BCUT2D eigenvalue weighted by molar-refractivity contribution is 0.427. The fourth-order valence-electron chi connectivity index (χ4n) is 2.84. The lowest BCUT2D eigenvalue weighted by Crippen LogP contribution is -2.39. The number of rotatable bonds is 2. The lowest BCUT2D eigenvalue weighted by atomic mass is 9.86. The molecule has 0 fully saturated rings. The Bertz CT molecular complexity index is 562. The van der Waals surface area contributed by atoms with Gasteiger partial charge in [0.25, 0.3) is 0 Å². The van der Waals surface area contributed by atoms with Crippen molar-refractivity contribution in [3.05, 3.63) is 70.2 Å². The standard InChI is InChI=1S/C17H18ClN/c1-2-15-11-13-5-3-4-6-16(13)17(19-15)12-7-9-14(18)10-8-12/h3-10,15,17,19H,2,11H2,1H3. The van der Waals surface area contributed by atoms with Crippen molar-refractivity contribution in [3.8, 4) is 0 Å². The molecule has 0 aliphatic carbocycles. The van der Waals surface area contributed by atoms with Gasteiger partial charge in [-0.2, -0.15) is 0 Å². The van der Waals surface area contributed by atoms with Crippen LogP contribution in [0.2, 0.25) is 5.02 Å². The van der Waals surface area contributed by atoms with E-state index in [1.54, 1.807) is 0 Å². The van der Waals surface area contributed by atoms with E-state index in [9.17, 15) is 0 Å². The molecule has 2 aromatic carbocycles. The molecule has 98 valence electrons. The summed E-state index contributed by atoms with van der Waals surface area (Å²) < 4.78 is 0. The van der Waals surface area contributed by atoms with Crippen LogP contribution in [0, 0.1) is 0 Å². The minimum absolute atomic E-state index is 0.284. The van der Waals surface area contributed by atoms with Gasteiger partial charge in [-0.3, -0.25) is 0 Å². The molecule has 3 rings (SSSR count). The second-order valence-electron chi connectivity index (χ2n) is 5.16. The predicted molar refractivity (Wildman–Crippen MR) is 80.7 cm³/mol. The molecule has 0 aromatic heterocycles. The zero-order chi connectivity index (χ0) is 13.2. The summed E-state index contributed by atoms with van der Waals surface area (Å²) in [5.41, 5.74) is 4.15. The van der Waals surface area contributed by atoms with Crippen molar-refractivity contribution >= 4 is 11.6 Å². The average molecular weight is 272 g/mol. The lowest BCUT2D eigenvalue weighted by Gasteiger charge is -2.33. The molecule has 0 amide bonds. The maximum absolute atomic E-state index is 5.99. The zero-order valence-electron chi connectivity index (χ0n) is 11.1. The maximum Gasteiger partial charge on any atom is 0.0581 e. The molecule has 1 aliphatic heterocycles. The summed E-state index contributed by atoms with van der Waals surface area (Å²) in [6.07, 6.45) is 2.27. The van der Waals surface area contributed by atoms with Gasteiger partial charge in [-0.1, -0.05) is 54.9 Å². The van der Waals surface area contributed by atoms with Crippen molar-refractivity contribution in [2.75, 3.05) is 0 Å². The van der Waals surface area contributed by atoms with E-state index in [2.05, 4.69) is 48.6 Å². The van der Waals surface area contributed by atoms with Crippen molar-refractivity contribution < 1.29 is 0 Å². The molecule has 0 saturated carbocycles. The highest BCUT2D eigenvalue weighted by Gasteiger charge is 2.25. The van der Waals surface area contributed by atoms with Crippen LogP contribution in [0.15, 0.2) is 48.5 Å². The van der Waals surface area contributed by atoms with Gasteiger partial charge in [0.1, 0.15) is 0 Å². The number of nitrogens with one attached hydrogen (secondary N) is 1. The van der Waals surface area contributed by atoms with Gasteiger partial charge in [0.2, 0.25) is 0 Å². The molecule has 0 spiro atoms. The first kappa shape index (κ1) is 12.7. The number of hydrogen-bond donors (Lipinski definition) is 1. The molecule has 1 nitrogen and oxygen atoms in total. The Morgan fingerprint density at radius 3 is 2.58 bits per heavy atom. The van der Waals surface area contributed by atoms with Crippen LogP contribution in [0.3, 0.4) is 0 Å². The average Bonchev–Trinajstić information content (AvgIpc) is 2.47. The molecule has 0 radical (unpaired) electrons. The molecule has 19 heavy (non-hydrogen) atoms. The summed E-state index contributed by atoms with van der Waals surface area (Å²) in [5, 5.41) is 4.54. The summed E-state index contributed by atoms with van der Waals surface area (Å²) in [4.78, 5) is 0. The highest BCUT2D eigenvalue weighted by atomic mass is 35.5. The van der Waals surface area contributed by atoms with Crippen molar-refractivity contribution in [2.24, 2.45) is 0 Å². The minimum Gasteiger partial charge on any atom is -0.303 e. The first-order chi connectivity index (χ1) is 9.28. The van der Waals surface area contributed by atoms with E-state index in [1.807, 2.05) is 12.1 Å². The molecule has 2 atom stereocenters. The van der Waals surface area contributed by atoms with Crippen LogP contribution in [0.5, 0.6) is 0 Å². The third-order valence-electron chi connectivity index (χ3n) is 3.93. The minimum atomic E-state index is 0.284. The summed E-state index contributed by atoms with van der Waals surface area (Å²) in [7, 11) is 0. The van der Waals surface area contributed by atoms with E-state index >= 15 is 0 Å². The molecule has 0 bridgehead atoms. The Hall–Kier alpha value is -1.31. The number of hydrogen-bond acceptors (Lipinski definition) is 1. The van der Waals surface area contributed by atoms with Crippen LogP contribution in [0.1, 0.15) is 36.1 Å². The molecule has 1 heterocycles. The molecule has 1 N–H and O–H groups in total. The number of halogens is 1. The van der Waals surface area contributed by atoms with E-state index in [0.717, 1.165) is 17.9 Å². The fourth-order valence-corrected chi connectivity index (χ4v) is 2.97. The molecular formula is C17H18ClN. The Kier molecular flexibility index (Phi) is 3.58. The van der Waals surface area contributed by atoms with Crippen molar-refractivity contribution in [3.63, 3.8) is 0 Å². The zero-order valence-corrected chi connectivity index (χ0v) is 11.8. The number of benzene rings is 2. The van der Waals surface area contributed by atoms with E-state index in [0.29, 0.717) is 6.04 Å². The van der Waals surface area contributed by atoms with Crippen molar-refractivity contribution in [1.29, 1.82) is 0 Å². The third kappa shape index (κ3) is 2.54. The molecule has 2 unspecified atom stereocenters. The van der Waals surface area contributed by atoms with Crippen molar-refractivity contribution in [2.45, 2.75) is 31.8 Å². The van der Waals surface area contributed by atoms with Gasteiger partial charge in [-0.25, -0.2) is 0 Å². The summed E-state index contributed by atoms with van der Waals surface area (Å²) >= 11 is 5.99. The quantitative estimate of drug-likeness (QED) is 0.856. The Morgan fingerprint density at radius 1 is 1.11 bits per heavy atom. The topological polar surface area (TPSA) is 12.0 Å². The first-order valence-electron chi connectivity index (χ1n) is 6.87. The van der Waals surface area contributed by atoms with E-state index < -0.39 is 0 Å². The normalized spacial score (nSPS) is 22.0. The van der Waals surface area contributed by atoms with Crippen molar-refractivity contribution in [1.82, 2.24) is 5.32 Å². The summed E-state index contributed by atoms with van der Waals surface area (Å²) in [6.45, 7) is 2.24. The SMILES string of the molecule is CCC1Cc2ccccc2C(c2ccc(Cl)cc2)N1. The van der Waals surface area contributed by atoms with Gasteiger partial charge in [0.05, 0.1) is 6.04 Å². The Morgan fingerprint density at radius 2 is 1.84 bits per heavy atom. The second kappa shape index (κ2) is 5.36. The van der Waals surface area contributed by atoms with Gasteiger partial charge < -0.3 is 5.32 Å².